The third-order valence-corrected chi connectivity index (χ3v) is 20.2. The van der Waals surface area contributed by atoms with E-state index >= 15 is 0 Å². The quantitative estimate of drug-likeness (QED) is 0.116. The molecule has 1 spiro atoms. The molecule has 11 heteroatoms. The van der Waals surface area contributed by atoms with Crippen LogP contribution in [0, 0.1) is 73.4 Å². The molecular weight excluding hydrogens is 771 g/mol. The average Bonchev–Trinajstić information content (AvgIpc) is 3.50. The molecule has 1 saturated heterocycles. The molecule has 0 aromatic heterocycles. The Morgan fingerprint density at radius 2 is 1.54 bits per heavy atom. The van der Waals surface area contributed by atoms with Crippen LogP contribution in [0.1, 0.15) is 146 Å². The Morgan fingerprint density at radius 3 is 2.15 bits per heavy atom. The molecule has 7 aliphatic carbocycles. The predicted octanol–water partition coefficient (Wildman–Crippen LogP) is 6.92. The van der Waals surface area contributed by atoms with Crippen molar-refractivity contribution >= 4 is 29.5 Å². The second-order valence-corrected chi connectivity index (χ2v) is 23.6. The van der Waals surface area contributed by atoms with E-state index in [1.54, 1.807) is 13.8 Å². The highest BCUT2D eigenvalue weighted by Crippen LogP contribution is 2.82. The van der Waals surface area contributed by atoms with Crippen LogP contribution in [0.15, 0.2) is 23.3 Å². The fourth-order valence-electron chi connectivity index (χ4n) is 16.0. The van der Waals surface area contributed by atoms with Crippen molar-refractivity contribution < 1.29 is 38.9 Å². The van der Waals surface area contributed by atoms with E-state index in [9.17, 15) is 34.2 Å². The summed E-state index contributed by atoms with van der Waals surface area (Å²) in [6, 6.07) is 0. The molecule has 0 aromatic carbocycles. The van der Waals surface area contributed by atoms with E-state index in [2.05, 4.69) is 69.6 Å². The van der Waals surface area contributed by atoms with Crippen LogP contribution < -0.4 is 16.0 Å². The number of hydrogen-bond donors (Lipinski definition) is 5. The fourth-order valence-corrected chi connectivity index (χ4v) is 16.0. The number of ether oxygens (including phenoxy) is 1. The third kappa shape index (κ3) is 6.02. The molecule has 1 heterocycles. The summed E-state index contributed by atoms with van der Waals surface area (Å²) in [6.45, 7) is 22.8. The van der Waals surface area contributed by atoms with Gasteiger partial charge in [0.05, 0.1) is 17.9 Å². The van der Waals surface area contributed by atoms with Gasteiger partial charge in [-0.25, -0.2) is 0 Å². The van der Waals surface area contributed by atoms with E-state index in [0.717, 1.165) is 82.0 Å². The van der Waals surface area contributed by atoms with Gasteiger partial charge < -0.3 is 30.9 Å². The Kier molecular flexibility index (Phi) is 10.6. The summed E-state index contributed by atoms with van der Waals surface area (Å²) in [5.74, 6) is -1.99. The second kappa shape index (κ2) is 14.5. The van der Waals surface area contributed by atoms with Crippen LogP contribution in [-0.2, 0) is 28.7 Å². The molecule has 0 radical (unpaired) electrons. The number of Topliss-reactive ketones (excluding diaryl/α,β-unsaturated/α-hetero) is 1. The van der Waals surface area contributed by atoms with Crippen LogP contribution in [0.4, 0.5) is 0 Å². The number of hydrogen-bond acceptors (Lipinski definition) is 8. The lowest BCUT2D eigenvalue weighted by molar-refractivity contribution is -0.266. The summed E-state index contributed by atoms with van der Waals surface area (Å²) >= 11 is 0. The number of piperidine rings is 1. The number of rotatable bonds is 10. The highest BCUT2D eigenvalue weighted by molar-refractivity contribution is 6.01. The maximum absolute atomic E-state index is 14.2. The second-order valence-electron chi connectivity index (χ2n) is 23.6. The molecule has 338 valence electrons. The van der Waals surface area contributed by atoms with Crippen LogP contribution in [0.2, 0.25) is 0 Å². The van der Waals surface area contributed by atoms with Gasteiger partial charge in [0, 0.05) is 35.1 Å². The summed E-state index contributed by atoms with van der Waals surface area (Å²) in [5, 5.41) is 31.3. The standard InChI is InChI=1S/C50H75N3O8/c1-28(2)37-33(54)26-49(35(55)27-52-42(60)44(5,6)53-39(56)29-14-23-51-24-15-29)20-17-45(7)30(38(37)49)11-12-34-46(45,8)18-21-50-22-19-48(50,10)36(13-16-47(34,50)9)61-41(59)32-25-31(40(57)58)43(32,3)4/h19,22,28-32,34-36,51,55H,11-18,20-21,23-27H2,1-10H3,(H,52,60)(H,53,56)(H,57,58)/t30-,31+,32-,34+,35+,36+,45-,46-,47-,48-,49+,50+/m1/s1. The fraction of sp³-hybridized carbons (Fsp3) is 0.820. The first-order valence-corrected chi connectivity index (χ1v) is 23.8. The van der Waals surface area contributed by atoms with Gasteiger partial charge in [0.15, 0.2) is 5.78 Å². The zero-order valence-electron chi connectivity index (χ0n) is 38.7. The summed E-state index contributed by atoms with van der Waals surface area (Å²) in [4.78, 5) is 66.7. The van der Waals surface area contributed by atoms with E-state index in [-0.39, 0.29) is 87.5 Å². The molecule has 61 heavy (non-hydrogen) atoms. The summed E-state index contributed by atoms with van der Waals surface area (Å²) in [7, 11) is 0. The summed E-state index contributed by atoms with van der Waals surface area (Å²) in [5.41, 5.74) is -1.18. The number of allylic oxidation sites excluding steroid dienone is 2. The van der Waals surface area contributed by atoms with Crippen molar-refractivity contribution in [1.29, 1.82) is 0 Å². The van der Waals surface area contributed by atoms with Gasteiger partial charge in [-0.2, -0.15) is 0 Å². The number of aliphatic hydroxyl groups excluding tert-OH is 1. The number of carbonyl (C=O) groups is 5. The van der Waals surface area contributed by atoms with Crippen molar-refractivity contribution in [2.45, 2.75) is 164 Å². The lowest BCUT2D eigenvalue weighted by Gasteiger charge is -2.77. The van der Waals surface area contributed by atoms with Crippen molar-refractivity contribution in [2.24, 2.45) is 73.4 Å². The molecule has 11 nitrogen and oxygen atoms in total. The van der Waals surface area contributed by atoms with Crippen LogP contribution in [0.25, 0.3) is 0 Å². The molecule has 0 aromatic rings. The average molecular weight is 846 g/mol. The van der Waals surface area contributed by atoms with E-state index in [1.165, 1.54) is 0 Å². The Hall–Kier alpha value is -3.05. The minimum absolute atomic E-state index is 0.00654. The number of aliphatic hydroxyl groups is 1. The number of nitrogens with one attached hydrogen (secondary N) is 3. The third-order valence-electron chi connectivity index (χ3n) is 20.2. The molecule has 5 saturated carbocycles. The predicted molar refractivity (Wildman–Crippen MR) is 232 cm³/mol. The Balaban J connectivity index is 1.02. The maximum Gasteiger partial charge on any atom is 0.309 e. The topological polar surface area (TPSA) is 171 Å². The first-order chi connectivity index (χ1) is 28.4. The lowest BCUT2D eigenvalue weighted by Crippen LogP contribution is -2.72. The van der Waals surface area contributed by atoms with Gasteiger partial charge in [-0.15, -0.1) is 0 Å². The smallest absolute Gasteiger partial charge is 0.309 e. The molecule has 0 bridgehead atoms. The van der Waals surface area contributed by atoms with Crippen molar-refractivity contribution in [3.05, 3.63) is 23.3 Å². The van der Waals surface area contributed by atoms with Gasteiger partial charge in [-0.3, -0.25) is 24.0 Å². The maximum atomic E-state index is 14.2. The number of esters is 1. The van der Waals surface area contributed by atoms with Crippen molar-refractivity contribution in [3.63, 3.8) is 0 Å². The number of carbonyl (C=O) groups excluding carboxylic acids is 4. The normalized spacial score (nSPS) is 43.0. The number of ketones is 1. The molecular formula is C50H75N3O8. The zero-order valence-corrected chi connectivity index (χ0v) is 38.7. The van der Waals surface area contributed by atoms with Crippen LogP contribution in [-0.4, -0.2) is 77.1 Å². The van der Waals surface area contributed by atoms with Crippen LogP contribution >= 0.6 is 0 Å². The molecule has 8 rings (SSSR count). The van der Waals surface area contributed by atoms with E-state index < -0.39 is 40.3 Å². The van der Waals surface area contributed by atoms with Gasteiger partial charge in [0.25, 0.3) is 0 Å². The van der Waals surface area contributed by atoms with Crippen LogP contribution in [0.3, 0.4) is 0 Å². The Labute approximate surface area is 363 Å². The van der Waals surface area contributed by atoms with Gasteiger partial charge in [0.1, 0.15) is 11.6 Å². The van der Waals surface area contributed by atoms with Gasteiger partial charge in [-0.1, -0.05) is 73.1 Å². The molecule has 2 amide bonds. The first kappa shape index (κ1) is 44.6. The van der Waals surface area contributed by atoms with Crippen molar-refractivity contribution in [1.82, 2.24) is 16.0 Å². The monoisotopic (exact) mass is 846 g/mol. The zero-order chi connectivity index (χ0) is 44.5. The Morgan fingerprint density at radius 1 is 0.869 bits per heavy atom. The van der Waals surface area contributed by atoms with E-state index in [1.807, 2.05) is 13.8 Å². The van der Waals surface area contributed by atoms with Crippen molar-refractivity contribution in [3.8, 4) is 0 Å². The molecule has 6 fully saturated rings. The number of aliphatic carboxylic acids is 1. The molecule has 1 aliphatic heterocycles. The largest absolute Gasteiger partial charge is 0.481 e. The highest BCUT2D eigenvalue weighted by atomic mass is 16.5. The molecule has 8 aliphatic rings. The molecule has 5 N–H and O–H groups in total. The lowest BCUT2D eigenvalue weighted by atomic mass is 9.27. The van der Waals surface area contributed by atoms with Crippen molar-refractivity contribution in [2.75, 3.05) is 19.6 Å². The minimum Gasteiger partial charge on any atom is -0.481 e. The molecule has 0 unspecified atom stereocenters. The first-order valence-electron chi connectivity index (χ1n) is 23.8. The number of amides is 2. The Bertz CT molecular complexity index is 1950. The van der Waals surface area contributed by atoms with E-state index in [0.29, 0.717) is 18.8 Å². The number of fused-ring (bicyclic) bond motifs is 6. The highest BCUT2D eigenvalue weighted by Gasteiger charge is 2.76. The number of carboxylic acids is 1. The summed E-state index contributed by atoms with van der Waals surface area (Å²) < 4.78 is 6.48. The summed E-state index contributed by atoms with van der Waals surface area (Å²) in [6.07, 6.45) is 12.8. The SMILES string of the molecule is CC(C)C1=C2[C@H]3CC[C@@H]4[C@@]5(C)CC[C@H](OC(=O)[C@H]6C[C@@H](C(=O)O)C6(C)C)[C@@]6(C)C=C[C@]65CC[C@@]4(C)[C@]3(C)CC[C@@]2([C@@H](O)CNC(=O)C(C)(C)NC(=O)C2CCNCC2)CC1=O. The van der Waals surface area contributed by atoms with Gasteiger partial charge in [0.2, 0.25) is 11.8 Å². The van der Waals surface area contributed by atoms with Crippen LogP contribution in [0.5, 0.6) is 0 Å². The van der Waals surface area contributed by atoms with Gasteiger partial charge >= 0.3 is 11.9 Å². The minimum atomic E-state index is -1.16. The van der Waals surface area contributed by atoms with E-state index in [4.69, 9.17) is 4.74 Å². The number of carboxylic acid groups (broad SMARTS) is 1. The van der Waals surface area contributed by atoms with Gasteiger partial charge in [-0.05, 0) is 143 Å². The molecule has 12 atom stereocenters.